The first-order chi connectivity index (χ1) is 21.0. The fraction of sp³-hybridized carbons (Fsp3) is 0.0556. The summed E-state index contributed by atoms with van der Waals surface area (Å²) in [6, 6.07) is 40.7. The van der Waals surface area contributed by atoms with Gasteiger partial charge in [0.2, 0.25) is 0 Å². The summed E-state index contributed by atoms with van der Waals surface area (Å²) in [6.07, 6.45) is 1.65. The first kappa shape index (κ1) is 29.1. The predicted octanol–water partition coefficient (Wildman–Crippen LogP) is 9.16. The van der Waals surface area contributed by atoms with Crippen molar-refractivity contribution in [3.63, 3.8) is 0 Å². The number of hydrogen-bond donors (Lipinski definition) is 1. The minimum atomic E-state index is -0.268. The van der Waals surface area contributed by atoms with Crippen LogP contribution in [0, 0.1) is 14.1 Å². The number of fused-ring (bicyclic) bond motifs is 1. The van der Waals surface area contributed by atoms with Crippen LogP contribution in [-0.2, 0) is 6.61 Å². The maximum Gasteiger partial charge on any atom is 0.271 e. The van der Waals surface area contributed by atoms with E-state index in [1.165, 1.54) is 10.8 Å². The van der Waals surface area contributed by atoms with Crippen LogP contribution < -0.4 is 10.2 Å². The van der Waals surface area contributed by atoms with Crippen LogP contribution in [0.15, 0.2) is 126 Å². The van der Waals surface area contributed by atoms with E-state index in [0.717, 1.165) is 46.7 Å². The van der Waals surface area contributed by atoms with E-state index in [1.807, 2.05) is 66.7 Å². The van der Waals surface area contributed by atoms with E-state index in [1.54, 1.807) is 6.21 Å². The number of nitrogens with one attached hydrogen (secondary N) is 1. The van der Waals surface area contributed by atoms with Crippen LogP contribution in [-0.4, -0.2) is 16.7 Å². The van der Waals surface area contributed by atoms with E-state index >= 15 is 0 Å². The lowest BCUT2D eigenvalue weighted by atomic mass is 10.1. The van der Waals surface area contributed by atoms with Gasteiger partial charge in [-0.25, -0.2) is 5.43 Å². The highest BCUT2D eigenvalue weighted by Crippen LogP contribution is 2.30. The molecule has 0 spiro atoms. The first-order valence-corrected chi connectivity index (χ1v) is 15.9. The van der Waals surface area contributed by atoms with Crippen molar-refractivity contribution < 1.29 is 9.53 Å². The van der Waals surface area contributed by atoms with Crippen molar-refractivity contribution >= 4 is 68.1 Å². The van der Waals surface area contributed by atoms with Gasteiger partial charge in [-0.2, -0.15) is 5.10 Å². The molecule has 5 nitrogen and oxygen atoms in total. The number of carbonyl (C=O) groups excluding carboxylic acids is 1. The Morgan fingerprint density at radius 2 is 1.51 bits per heavy atom. The molecule has 6 rings (SSSR count). The van der Waals surface area contributed by atoms with Crippen LogP contribution in [0.5, 0.6) is 5.75 Å². The van der Waals surface area contributed by atoms with Crippen molar-refractivity contribution in [2.45, 2.75) is 13.5 Å². The fourth-order valence-electron chi connectivity index (χ4n) is 4.98. The maximum absolute atomic E-state index is 12.8. The quantitative estimate of drug-likeness (QED) is 0.0951. The lowest BCUT2D eigenvalue weighted by Crippen LogP contribution is -2.17. The largest absolute Gasteiger partial charge is 0.487 e. The van der Waals surface area contributed by atoms with Gasteiger partial charge in [-0.15, -0.1) is 0 Å². The van der Waals surface area contributed by atoms with E-state index in [-0.39, 0.29) is 5.91 Å². The molecule has 0 saturated carbocycles. The average molecular weight is 787 g/mol. The third-order valence-corrected chi connectivity index (χ3v) is 8.73. The second-order valence-corrected chi connectivity index (χ2v) is 12.4. The Labute approximate surface area is 277 Å². The summed E-state index contributed by atoms with van der Waals surface area (Å²) in [5.41, 5.74) is 9.54. The Hall–Kier alpha value is -3.96. The normalized spacial score (nSPS) is 11.2. The number of ether oxygens (including phenoxy) is 1. The molecule has 5 aromatic carbocycles. The van der Waals surface area contributed by atoms with Crippen LogP contribution in [0.25, 0.3) is 27.7 Å². The Kier molecular flexibility index (Phi) is 8.90. The maximum atomic E-state index is 12.8. The molecule has 0 saturated heterocycles. The summed E-state index contributed by atoms with van der Waals surface area (Å²) in [5.74, 6) is 0.569. The van der Waals surface area contributed by atoms with Crippen LogP contribution in [0.4, 0.5) is 0 Å². The second kappa shape index (κ2) is 13.1. The number of nitrogens with zero attached hydrogens (tertiary/aromatic N) is 2. The van der Waals surface area contributed by atoms with Crippen molar-refractivity contribution in [3.8, 4) is 22.7 Å². The van der Waals surface area contributed by atoms with Gasteiger partial charge in [0.15, 0.2) is 0 Å². The molecule has 0 aliphatic heterocycles. The van der Waals surface area contributed by atoms with Gasteiger partial charge in [0.25, 0.3) is 5.91 Å². The lowest BCUT2D eigenvalue weighted by Gasteiger charge is -2.13. The van der Waals surface area contributed by atoms with Gasteiger partial charge in [-0.3, -0.25) is 4.79 Å². The van der Waals surface area contributed by atoms with Crippen LogP contribution in [0.2, 0.25) is 0 Å². The molecule has 1 heterocycles. The van der Waals surface area contributed by atoms with E-state index in [0.29, 0.717) is 12.2 Å². The van der Waals surface area contributed by atoms with Crippen molar-refractivity contribution in [2.75, 3.05) is 0 Å². The van der Waals surface area contributed by atoms with Crippen LogP contribution in [0.1, 0.15) is 27.2 Å². The number of carbonyl (C=O) groups is 1. The van der Waals surface area contributed by atoms with Gasteiger partial charge >= 0.3 is 0 Å². The minimum absolute atomic E-state index is 0.268. The third-order valence-electron chi connectivity index (χ3n) is 7.13. The van der Waals surface area contributed by atoms with Crippen molar-refractivity contribution in [1.29, 1.82) is 0 Å². The molecule has 0 atom stereocenters. The van der Waals surface area contributed by atoms with Crippen LogP contribution >= 0.6 is 45.2 Å². The molecule has 0 aliphatic carbocycles. The summed E-state index contributed by atoms with van der Waals surface area (Å²) in [4.78, 5) is 12.8. The van der Waals surface area contributed by atoms with Gasteiger partial charge in [-0.1, -0.05) is 66.7 Å². The topological polar surface area (TPSA) is 55.6 Å². The summed E-state index contributed by atoms with van der Waals surface area (Å²) in [7, 11) is 0. The van der Waals surface area contributed by atoms with E-state index in [2.05, 4.69) is 122 Å². The molecule has 7 heteroatoms. The molecule has 0 bridgehead atoms. The van der Waals surface area contributed by atoms with Crippen molar-refractivity contribution in [3.05, 3.63) is 151 Å². The van der Waals surface area contributed by atoms with Crippen molar-refractivity contribution in [1.82, 2.24) is 9.99 Å². The van der Waals surface area contributed by atoms with E-state index < -0.39 is 0 Å². The first-order valence-electron chi connectivity index (χ1n) is 13.7. The number of hydrogen-bond acceptors (Lipinski definition) is 3. The van der Waals surface area contributed by atoms with Gasteiger partial charge in [0.05, 0.1) is 19.0 Å². The van der Waals surface area contributed by atoms with Crippen LogP contribution in [0.3, 0.4) is 0 Å². The Balaban J connectivity index is 1.09. The smallest absolute Gasteiger partial charge is 0.271 e. The van der Waals surface area contributed by atoms with E-state index in [4.69, 9.17) is 4.74 Å². The summed E-state index contributed by atoms with van der Waals surface area (Å²) < 4.78 is 10.3. The number of halogens is 2. The number of hydrazone groups is 1. The molecular weight excluding hydrogens is 760 g/mol. The second-order valence-electron chi connectivity index (χ2n) is 10.1. The number of benzene rings is 5. The highest BCUT2D eigenvalue weighted by Gasteiger charge is 2.12. The summed E-state index contributed by atoms with van der Waals surface area (Å²) >= 11 is 4.56. The average Bonchev–Trinajstić information content (AvgIpc) is 3.42. The van der Waals surface area contributed by atoms with Gasteiger partial charge in [0, 0.05) is 16.9 Å². The zero-order valence-electron chi connectivity index (χ0n) is 23.3. The molecule has 1 N–H and O–H groups in total. The molecule has 212 valence electrons. The highest BCUT2D eigenvalue weighted by atomic mass is 127. The molecule has 43 heavy (non-hydrogen) atoms. The Morgan fingerprint density at radius 3 is 2.26 bits per heavy atom. The zero-order valence-corrected chi connectivity index (χ0v) is 27.6. The zero-order chi connectivity index (χ0) is 29.8. The number of amides is 1. The molecule has 0 fully saturated rings. The Bertz CT molecular complexity index is 1920. The molecule has 1 amide bonds. The third kappa shape index (κ3) is 6.67. The standard InChI is InChI=1S/C36H27I2N3O2/c1-24-11-18-34(28-8-3-2-4-9-28)41(24)31-16-14-29(15-17-31)36(42)40-39-22-26-20-32(37)35(33(38)21-26)43-23-25-12-13-27-7-5-6-10-30(27)19-25/h2-22H,23H2,1H3,(H,40,42)/b39-22+. The van der Waals surface area contributed by atoms with Crippen molar-refractivity contribution in [2.24, 2.45) is 5.10 Å². The van der Waals surface area contributed by atoms with Gasteiger partial charge in [0.1, 0.15) is 12.4 Å². The molecule has 0 radical (unpaired) electrons. The molecular formula is C36H27I2N3O2. The lowest BCUT2D eigenvalue weighted by molar-refractivity contribution is 0.0955. The van der Waals surface area contributed by atoms with E-state index in [9.17, 15) is 4.79 Å². The summed E-state index contributed by atoms with van der Waals surface area (Å²) in [5, 5.41) is 6.63. The molecule has 1 aromatic heterocycles. The Morgan fingerprint density at radius 1 is 0.814 bits per heavy atom. The minimum Gasteiger partial charge on any atom is -0.487 e. The SMILES string of the molecule is Cc1ccc(-c2ccccc2)n1-c1ccc(C(=O)N/N=C/c2cc(I)c(OCc3ccc4ccccc4c3)c(I)c2)cc1. The molecule has 0 unspecified atom stereocenters. The molecule has 6 aromatic rings. The predicted molar refractivity (Wildman–Crippen MR) is 191 cm³/mol. The number of aryl methyl sites for hydroxylation is 1. The highest BCUT2D eigenvalue weighted by molar-refractivity contribution is 14.1. The summed E-state index contributed by atoms with van der Waals surface area (Å²) in [6.45, 7) is 2.56. The van der Waals surface area contributed by atoms with Gasteiger partial charge in [-0.05, 0) is 134 Å². The van der Waals surface area contributed by atoms with Gasteiger partial charge < -0.3 is 9.30 Å². The number of aromatic nitrogens is 1. The number of rotatable bonds is 8. The fourth-order valence-corrected chi connectivity index (χ4v) is 7.11. The monoisotopic (exact) mass is 787 g/mol. The molecule has 0 aliphatic rings.